The zero-order valence-corrected chi connectivity index (χ0v) is 11.0. The maximum Gasteiger partial charge on any atom is 0.0441 e. The first-order valence-electron chi connectivity index (χ1n) is 5.37. The molecule has 0 radical (unpaired) electrons. The first-order chi connectivity index (χ1) is 8.11. The van der Waals surface area contributed by atoms with Crippen LogP contribution in [-0.2, 0) is 6.54 Å². The summed E-state index contributed by atoms with van der Waals surface area (Å²) >= 11 is 12.2. The molecule has 2 rings (SSSR count). The lowest BCUT2D eigenvalue weighted by Gasteiger charge is -2.10. The van der Waals surface area contributed by atoms with Crippen LogP contribution in [0.5, 0.6) is 0 Å². The Kier molecular flexibility index (Phi) is 3.72. The minimum atomic E-state index is 0.484. The molecule has 0 aromatic heterocycles. The van der Waals surface area contributed by atoms with E-state index in [-0.39, 0.29) is 0 Å². The SMILES string of the molecule is Cc1ccc(-c2cc(Cl)ccc2CN)cc1Cl. The van der Waals surface area contributed by atoms with Crippen LogP contribution in [-0.4, -0.2) is 0 Å². The van der Waals surface area contributed by atoms with Gasteiger partial charge < -0.3 is 5.73 Å². The molecule has 88 valence electrons. The maximum absolute atomic E-state index is 6.13. The van der Waals surface area contributed by atoms with E-state index in [1.807, 2.05) is 43.3 Å². The van der Waals surface area contributed by atoms with Crippen molar-refractivity contribution in [1.29, 1.82) is 0 Å². The van der Waals surface area contributed by atoms with E-state index in [0.29, 0.717) is 11.6 Å². The number of rotatable bonds is 2. The molecule has 1 nitrogen and oxygen atoms in total. The van der Waals surface area contributed by atoms with E-state index in [1.165, 1.54) is 0 Å². The van der Waals surface area contributed by atoms with Crippen LogP contribution in [0.15, 0.2) is 36.4 Å². The van der Waals surface area contributed by atoms with Crippen molar-refractivity contribution in [1.82, 2.24) is 0 Å². The zero-order valence-electron chi connectivity index (χ0n) is 9.50. The maximum atomic E-state index is 6.13. The Hall–Kier alpha value is -1.02. The van der Waals surface area contributed by atoms with Crippen LogP contribution < -0.4 is 5.73 Å². The predicted molar refractivity (Wildman–Crippen MR) is 74.5 cm³/mol. The molecule has 0 atom stereocenters. The zero-order chi connectivity index (χ0) is 12.4. The second kappa shape index (κ2) is 5.09. The van der Waals surface area contributed by atoms with Gasteiger partial charge in [-0.1, -0.05) is 41.4 Å². The van der Waals surface area contributed by atoms with Crippen LogP contribution in [0.3, 0.4) is 0 Å². The van der Waals surface area contributed by atoms with Gasteiger partial charge in [0.2, 0.25) is 0 Å². The summed E-state index contributed by atoms with van der Waals surface area (Å²) in [6.45, 7) is 2.46. The van der Waals surface area contributed by atoms with Gasteiger partial charge >= 0.3 is 0 Å². The molecule has 0 unspecified atom stereocenters. The molecule has 2 N–H and O–H groups in total. The highest BCUT2D eigenvalue weighted by Gasteiger charge is 2.06. The van der Waals surface area contributed by atoms with Crippen LogP contribution in [0.4, 0.5) is 0 Å². The fourth-order valence-electron chi connectivity index (χ4n) is 1.76. The minimum Gasteiger partial charge on any atom is -0.326 e. The summed E-state index contributed by atoms with van der Waals surface area (Å²) < 4.78 is 0. The van der Waals surface area contributed by atoms with Crippen molar-refractivity contribution in [3.63, 3.8) is 0 Å². The van der Waals surface area contributed by atoms with Gasteiger partial charge in [0.1, 0.15) is 0 Å². The van der Waals surface area contributed by atoms with Gasteiger partial charge in [-0.15, -0.1) is 0 Å². The molecule has 0 bridgehead atoms. The first-order valence-corrected chi connectivity index (χ1v) is 6.12. The fraction of sp³-hybridized carbons (Fsp3) is 0.143. The van der Waals surface area contributed by atoms with Gasteiger partial charge in [0, 0.05) is 16.6 Å². The molecule has 0 fully saturated rings. The van der Waals surface area contributed by atoms with Crippen LogP contribution >= 0.6 is 23.2 Å². The molecular formula is C14H13Cl2N. The normalized spacial score (nSPS) is 10.6. The third-order valence-electron chi connectivity index (χ3n) is 2.77. The monoisotopic (exact) mass is 265 g/mol. The molecule has 2 aromatic rings. The lowest BCUT2D eigenvalue weighted by Crippen LogP contribution is -1.98. The van der Waals surface area contributed by atoms with Crippen molar-refractivity contribution in [2.75, 3.05) is 0 Å². The largest absolute Gasteiger partial charge is 0.326 e. The molecule has 0 spiro atoms. The second-order valence-electron chi connectivity index (χ2n) is 3.97. The van der Waals surface area contributed by atoms with E-state index >= 15 is 0 Å². The number of hydrogen-bond acceptors (Lipinski definition) is 1. The summed E-state index contributed by atoms with van der Waals surface area (Å²) in [6, 6.07) is 11.7. The Morgan fingerprint density at radius 2 is 1.82 bits per heavy atom. The number of benzene rings is 2. The quantitative estimate of drug-likeness (QED) is 0.855. The molecule has 0 saturated carbocycles. The number of hydrogen-bond donors (Lipinski definition) is 1. The Labute approximate surface area is 111 Å². The summed E-state index contributed by atoms with van der Waals surface area (Å²) in [5, 5.41) is 1.46. The van der Waals surface area contributed by atoms with Gasteiger partial charge in [0.15, 0.2) is 0 Å². The van der Waals surface area contributed by atoms with Gasteiger partial charge in [-0.25, -0.2) is 0 Å². The van der Waals surface area contributed by atoms with Crippen molar-refractivity contribution in [3.05, 3.63) is 57.6 Å². The third-order valence-corrected chi connectivity index (χ3v) is 3.42. The summed E-state index contributed by atoms with van der Waals surface area (Å²) in [7, 11) is 0. The van der Waals surface area contributed by atoms with E-state index in [4.69, 9.17) is 28.9 Å². The molecule has 0 heterocycles. The molecule has 3 heteroatoms. The van der Waals surface area contributed by atoms with E-state index in [9.17, 15) is 0 Å². The molecule has 17 heavy (non-hydrogen) atoms. The van der Waals surface area contributed by atoms with Crippen molar-refractivity contribution in [2.24, 2.45) is 5.73 Å². The van der Waals surface area contributed by atoms with Crippen molar-refractivity contribution in [3.8, 4) is 11.1 Å². The minimum absolute atomic E-state index is 0.484. The summed E-state index contributed by atoms with van der Waals surface area (Å²) in [4.78, 5) is 0. The number of nitrogens with two attached hydrogens (primary N) is 1. The fourth-order valence-corrected chi connectivity index (χ4v) is 2.11. The Bertz CT molecular complexity index is 550. The van der Waals surface area contributed by atoms with E-state index < -0.39 is 0 Å². The van der Waals surface area contributed by atoms with E-state index in [2.05, 4.69) is 0 Å². The van der Waals surface area contributed by atoms with Crippen LogP contribution in [0.2, 0.25) is 10.0 Å². The van der Waals surface area contributed by atoms with Gasteiger partial charge in [-0.05, 0) is 47.4 Å². The third kappa shape index (κ3) is 2.63. The Balaban J connectivity index is 2.58. The number of aryl methyl sites for hydroxylation is 1. The molecule has 0 saturated heterocycles. The molecule has 0 aliphatic heterocycles. The molecule has 0 aliphatic rings. The van der Waals surface area contributed by atoms with Crippen molar-refractivity contribution >= 4 is 23.2 Å². The Morgan fingerprint density at radius 3 is 2.47 bits per heavy atom. The Morgan fingerprint density at radius 1 is 1.06 bits per heavy atom. The van der Waals surface area contributed by atoms with E-state index in [0.717, 1.165) is 27.3 Å². The van der Waals surface area contributed by atoms with Crippen LogP contribution in [0, 0.1) is 6.92 Å². The molecule has 0 aliphatic carbocycles. The van der Waals surface area contributed by atoms with Gasteiger partial charge in [-0.3, -0.25) is 0 Å². The highest BCUT2D eigenvalue weighted by molar-refractivity contribution is 6.32. The highest BCUT2D eigenvalue weighted by atomic mass is 35.5. The van der Waals surface area contributed by atoms with Crippen molar-refractivity contribution < 1.29 is 0 Å². The molecule has 0 amide bonds. The highest BCUT2D eigenvalue weighted by Crippen LogP contribution is 2.30. The lowest BCUT2D eigenvalue weighted by atomic mass is 9.99. The summed E-state index contributed by atoms with van der Waals surface area (Å²) in [5.41, 5.74) is 9.94. The lowest BCUT2D eigenvalue weighted by molar-refractivity contribution is 1.07. The smallest absolute Gasteiger partial charge is 0.0441 e. The van der Waals surface area contributed by atoms with Gasteiger partial charge in [0.05, 0.1) is 0 Å². The van der Waals surface area contributed by atoms with E-state index in [1.54, 1.807) is 0 Å². The summed E-state index contributed by atoms with van der Waals surface area (Å²) in [5.74, 6) is 0. The second-order valence-corrected chi connectivity index (χ2v) is 4.81. The average molecular weight is 266 g/mol. The van der Waals surface area contributed by atoms with Crippen molar-refractivity contribution in [2.45, 2.75) is 13.5 Å². The number of halogens is 2. The van der Waals surface area contributed by atoms with Gasteiger partial charge in [-0.2, -0.15) is 0 Å². The standard InChI is InChI=1S/C14H13Cl2N/c1-9-2-3-10(6-14(9)16)13-7-12(15)5-4-11(13)8-17/h2-7H,8,17H2,1H3. The first kappa shape index (κ1) is 12.4. The molecular weight excluding hydrogens is 253 g/mol. The summed E-state index contributed by atoms with van der Waals surface area (Å²) in [6.07, 6.45) is 0. The van der Waals surface area contributed by atoms with Gasteiger partial charge in [0.25, 0.3) is 0 Å². The molecule has 2 aromatic carbocycles. The topological polar surface area (TPSA) is 26.0 Å². The average Bonchev–Trinajstić information content (AvgIpc) is 2.32. The van der Waals surface area contributed by atoms with Crippen LogP contribution in [0.1, 0.15) is 11.1 Å². The predicted octanol–water partition coefficient (Wildman–Crippen LogP) is 4.43. The van der Waals surface area contributed by atoms with Crippen LogP contribution in [0.25, 0.3) is 11.1 Å².